The molecule has 1 saturated heterocycles. The van der Waals surface area contributed by atoms with Crippen LogP contribution in [0.5, 0.6) is 0 Å². The van der Waals surface area contributed by atoms with E-state index in [1.54, 1.807) is 0 Å². The molecule has 0 saturated carbocycles. The van der Waals surface area contributed by atoms with Crippen molar-refractivity contribution in [1.82, 2.24) is 14.8 Å². The van der Waals surface area contributed by atoms with Gasteiger partial charge in [-0.1, -0.05) is 17.7 Å². The normalized spacial score (nSPS) is 17.8. The molecular formula is C15H24ClN3O. The van der Waals surface area contributed by atoms with Crippen molar-refractivity contribution in [3.05, 3.63) is 29.0 Å². The fraction of sp³-hybridized carbons (Fsp3) is 0.667. The van der Waals surface area contributed by atoms with Crippen LogP contribution in [0.2, 0.25) is 5.15 Å². The Hall–Kier alpha value is -0.680. The summed E-state index contributed by atoms with van der Waals surface area (Å²) < 4.78 is 0. The quantitative estimate of drug-likeness (QED) is 0.816. The molecule has 20 heavy (non-hydrogen) atoms. The van der Waals surface area contributed by atoms with Crippen molar-refractivity contribution in [3.63, 3.8) is 0 Å². The standard InChI is InChI=1S/C15H24ClN3O/c1-18(7-2-10-20)14-5-8-19(9-6-14)12-13-3-4-15(16)17-11-13/h3-4,11,14,20H,2,5-10,12H2,1H3. The Morgan fingerprint density at radius 3 is 2.75 bits per heavy atom. The third-order valence-electron chi connectivity index (χ3n) is 4.04. The van der Waals surface area contributed by atoms with Gasteiger partial charge in [0.1, 0.15) is 5.15 Å². The molecule has 0 amide bonds. The lowest BCUT2D eigenvalue weighted by molar-refractivity contribution is 0.117. The number of likely N-dealkylation sites (tertiary alicyclic amines) is 1. The topological polar surface area (TPSA) is 39.6 Å². The summed E-state index contributed by atoms with van der Waals surface area (Å²) in [5.74, 6) is 0. The Morgan fingerprint density at radius 2 is 2.15 bits per heavy atom. The summed E-state index contributed by atoms with van der Waals surface area (Å²) in [5, 5.41) is 9.44. The van der Waals surface area contributed by atoms with Crippen LogP contribution < -0.4 is 0 Å². The molecule has 2 rings (SSSR count). The van der Waals surface area contributed by atoms with Crippen LogP contribution in [0.1, 0.15) is 24.8 Å². The minimum absolute atomic E-state index is 0.284. The fourth-order valence-electron chi connectivity index (χ4n) is 2.78. The molecule has 112 valence electrons. The van der Waals surface area contributed by atoms with Crippen molar-refractivity contribution in [1.29, 1.82) is 0 Å². The van der Waals surface area contributed by atoms with E-state index >= 15 is 0 Å². The number of piperidine rings is 1. The Balaban J connectivity index is 1.75. The summed E-state index contributed by atoms with van der Waals surface area (Å²) in [6.07, 6.45) is 5.13. The lowest BCUT2D eigenvalue weighted by Crippen LogP contribution is -2.43. The number of nitrogens with zero attached hydrogens (tertiary/aromatic N) is 3. The summed E-state index contributed by atoms with van der Waals surface area (Å²) in [7, 11) is 2.17. The summed E-state index contributed by atoms with van der Waals surface area (Å²) >= 11 is 5.80. The van der Waals surface area contributed by atoms with Crippen molar-refractivity contribution < 1.29 is 5.11 Å². The van der Waals surface area contributed by atoms with Crippen molar-refractivity contribution in [3.8, 4) is 0 Å². The van der Waals surface area contributed by atoms with Gasteiger partial charge in [-0.2, -0.15) is 0 Å². The molecule has 1 aromatic heterocycles. The first-order chi connectivity index (χ1) is 9.69. The van der Waals surface area contributed by atoms with Gasteiger partial charge >= 0.3 is 0 Å². The molecule has 2 heterocycles. The zero-order valence-electron chi connectivity index (χ0n) is 12.1. The molecule has 1 aliphatic rings. The average Bonchev–Trinajstić information content (AvgIpc) is 2.48. The Kier molecular flexibility index (Phi) is 6.23. The molecule has 4 nitrogen and oxygen atoms in total. The van der Waals surface area contributed by atoms with E-state index in [1.807, 2.05) is 12.3 Å². The van der Waals surface area contributed by atoms with Gasteiger partial charge in [-0.15, -0.1) is 0 Å². The predicted molar refractivity (Wildman–Crippen MR) is 81.9 cm³/mol. The number of aliphatic hydroxyl groups is 1. The van der Waals surface area contributed by atoms with Gasteiger partial charge in [-0.05, 0) is 51.0 Å². The predicted octanol–water partition coefficient (Wildman–Crippen LogP) is 2.01. The second kappa shape index (κ2) is 7.93. The molecule has 1 aromatic rings. The Bertz CT molecular complexity index is 391. The first kappa shape index (κ1) is 15.7. The highest BCUT2D eigenvalue weighted by Gasteiger charge is 2.22. The van der Waals surface area contributed by atoms with E-state index in [0.29, 0.717) is 11.2 Å². The van der Waals surface area contributed by atoms with Crippen LogP contribution >= 0.6 is 11.6 Å². The monoisotopic (exact) mass is 297 g/mol. The Morgan fingerprint density at radius 1 is 1.40 bits per heavy atom. The molecular weight excluding hydrogens is 274 g/mol. The third-order valence-corrected chi connectivity index (χ3v) is 4.27. The number of hydrogen-bond donors (Lipinski definition) is 1. The number of hydrogen-bond acceptors (Lipinski definition) is 4. The van der Waals surface area contributed by atoms with E-state index < -0.39 is 0 Å². The van der Waals surface area contributed by atoms with Gasteiger partial charge in [0, 0.05) is 31.9 Å². The molecule has 0 unspecified atom stereocenters. The lowest BCUT2D eigenvalue weighted by Gasteiger charge is -2.36. The number of aliphatic hydroxyl groups excluding tert-OH is 1. The highest BCUT2D eigenvalue weighted by molar-refractivity contribution is 6.29. The minimum atomic E-state index is 0.284. The molecule has 0 atom stereocenters. The van der Waals surface area contributed by atoms with Crippen LogP contribution in [0.15, 0.2) is 18.3 Å². The first-order valence-electron chi connectivity index (χ1n) is 7.33. The molecule has 1 aliphatic heterocycles. The van der Waals surface area contributed by atoms with E-state index in [1.165, 1.54) is 18.4 Å². The lowest BCUT2D eigenvalue weighted by atomic mass is 10.0. The largest absolute Gasteiger partial charge is 0.396 e. The van der Waals surface area contributed by atoms with Gasteiger partial charge < -0.3 is 10.0 Å². The van der Waals surface area contributed by atoms with Crippen molar-refractivity contribution in [2.45, 2.75) is 31.8 Å². The first-order valence-corrected chi connectivity index (χ1v) is 7.70. The van der Waals surface area contributed by atoms with Crippen LogP contribution in [0, 0.1) is 0 Å². The van der Waals surface area contributed by atoms with Crippen molar-refractivity contribution in [2.75, 3.05) is 33.3 Å². The molecule has 0 spiro atoms. The van der Waals surface area contributed by atoms with E-state index in [4.69, 9.17) is 16.7 Å². The number of rotatable bonds is 6. The summed E-state index contributed by atoms with van der Waals surface area (Å²) in [4.78, 5) is 8.99. The van der Waals surface area contributed by atoms with Crippen molar-refractivity contribution >= 4 is 11.6 Å². The summed E-state index contributed by atoms with van der Waals surface area (Å²) in [6, 6.07) is 4.56. The summed E-state index contributed by atoms with van der Waals surface area (Å²) in [6.45, 7) is 4.47. The maximum absolute atomic E-state index is 8.89. The molecule has 0 bridgehead atoms. The fourth-order valence-corrected chi connectivity index (χ4v) is 2.89. The number of halogens is 1. The van der Waals surface area contributed by atoms with Crippen LogP contribution in [-0.4, -0.2) is 59.2 Å². The van der Waals surface area contributed by atoms with E-state index in [-0.39, 0.29) is 6.61 Å². The molecule has 0 aromatic carbocycles. The van der Waals surface area contributed by atoms with Gasteiger partial charge in [0.2, 0.25) is 0 Å². The van der Waals surface area contributed by atoms with Crippen LogP contribution in [-0.2, 0) is 6.54 Å². The van der Waals surface area contributed by atoms with Gasteiger partial charge in [0.15, 0.2) is 0 Å². The second-order valence-corrected chi connectivity index (χ2v) is 5.94. The van der Waals surface area contributed by atoms with Gasteiger partial charge in [-0.3, -0.25) is 4.90 Å². The minimum Gasteiger partial charge on any atom is -0.396 e. The zero-order chi connectivity index (χ0) is 14.4. The average molecular weight is 298 g/mol. The Labute approximate surface area is 126 Å². The maximum atomic E-state index is 8.89. The smallest absolute Gasteiger partial charge is 0.129 e. The molecule has 1 fully saturated rings. The third kappa shape index (κ3) is 4.70. The summed E-state index contributed by atoms with van der Waals surface area (Å²) in [5.41, 5.74) is 1.22. The van der Waals surface area contributed by atoms with E-state index in [9.17, 15) is 0 Å². The highest BCUT2D eigenvalue weighted by Crippen LogP contribution is 2.18. The highest BCUT2D eigenvalue weighted by atomic mass is 35.5. The van der Waals surface area contributed by atoms with E-state index in [2.05, 4.69) is 27.9 Å². The van der Waals surface area contributed by atoms with Gasteiger partial charge in [-0.25, -0.2) is 4.98 Å². The molecule has 5 heteroatoms. The maximum Gasteiger partial charge on any atom is 0.129 e. The van der Waals surface area contributed by atoms with Crippen LogP contribution in [0.4, 0.5) is 0 Å². The van der Waals surface area contributed by atoms with Crippen LogP contribution in [0.25, 0.3) is 0 Å². The second-order valence-electron chi connectivity index (χ2n) is 5.55. The van der Waals surface area contributed by atoms with Gasteiger partial charge in [0.25, 0.3) is 0 Å². The zero-order valence-corrected chi connectivity index (χ0v) is 12.9. The molecule has 1 N–H and O–H groups in total. The number of pyridine rings is 1. The SMILES string of the molecule is CN(CCCO)C1CCN(Cc2ccc(Cl)nc2)CC1. The van der Waals surface area contributed by atoms with E-state index in [0.717, 1.165) is 32.6 Å². The van der Waals surface area contributed by atoms with Crippen molar-refractivity contribution in [2.24, 2.45) is 0 Å². The van der Waals surface area contributed by atoms with Crippen LogP contribution in [0.3, 0.4) is 0 Å². The van der Waals surface area contributed by atoms with Gasteiger partial charge in [0.05, 0.1) is 0 Å². The molecule has 0 aliphatic carbocycles. The molecule has 0 radical (unpaired) electrons. The number of aromatic nitrogens is 1.